The molecule has 108 valence electrons. The zero-order chi connectivity index (χ0) is 13.5. The molecule has 0 aromatic heterocycles. The molecule has 1 amide bonds. The van der Waals surface area contributed by atoms with Crippen LogP contribution in [0.3, 0.4) is 0 Å². The molecule has 4 nitrogen and oxygen atoms in total. The SMILES string of the molecule is NC(=O)C1(N)CCC(N2CCC3CCCCC3C2)C1. The topological polar surface area (TPSA) is 72.3 Å². The van der Waals surface area contributed by atoms with Crippen molar-refractivity contribution in [2.24, 2.45) is 23.3 Å². The fraction of sp³-hybridized carbons (Fsp3) is 0.933. The molecule has 0 aromatic carbocycles. The highest BCUT2D eigenvalue weighted by atomic mass is 16.1. The van der Waals surface area contributed by atoms with Crippen molar-refractivity contribution < 1.29 is 4.79 Å². The van der Waals surface area contributed by atoms with Crippen LogP contribution >= 0.6 is 0 Å². The van der Waals surface area contributed by atoms with Gasteiger partial charge in [0.15, 0.2) is 0 Å². The number of hydrogen-bond acceptors (Lipinski definition) is 3. The first-order chi connectivity index (χ1) is 9.08. The van der Waals surface area contributed by atoms with Crippen LogP contribution in [0.2, 0.25) is 0 Å². The maximum atomic E-state index is 11.5. The van der Waals surface area contributed by atoms with E-state index in [1.54, 1.807) is 0 Å². The Morgan fingerprint density at radius 2 is 1.84 bits per heavy atom. The van der Waals surface area contributed by atoms with Crippen LogP contribution in [0, 0.1) is 11.8 Å². The van der Waals surface area contributed by atoms with Gasteiger partial charge in [0, 0.05) is 12.6 Å². The Labute approximate surface area is 115 Å². The van der Waals surface area contributed by atoms with Crippen molar-refractivity contribution in [2.45, 2.75) is 62.9 Å². The van der Waals surface area contributed by atoms with Crippen LogP contribution in [-0.4, -0.2) is 35.5 Å². The van der Waals surface area contributed by atoms with Crippen LogP contribution in [0.1, 0.15) is 51.4 Å². The maximum Gasteiger partial charge on any atom is 0.237 e. The predicted molar refractivity (Wildman–Crippen MR) is 75.4 cm³/mol. The van der Waals surface area contributed by atoms with Gasteiger partial charge >= 0.3 is 0 Å². The fourth-order valence-electron chi connectivity index (χ4n) is 4.54. The van der Waals surface area contributed by atoms with Gasteiger partial charge in [-0.15, -0.1) is 0 Å². The Hall–Kier alpha value is -0.610. The molecule has 1 heterocycles. The van der Waals surface area contributed by atoms with Gasteiger partial charge in [-0.05, 0) is 50.5 Å². The van der Waals surface area contributed by atoms with Crippen LogP contribution in [0.5, 0.6) is 0 Å². The standard InChI is InChI=1S/C15H27N3O/c16-14(19)15(17)7-5-13(9-15)18-8-6-11-3-1-2-4-12(11)10-18/h11-13H,1-10,17H2,(H2,16,19). The van der Waals surface area contributed by atoms with E-state index in [2.05, 4.69) is 4.90 Å². The van der Waals surface area contributed by atoms with E-state index in [1.165, 1.54) is 45.2 Å². The Bertz CT molecular complexity index is 359. The first-order valence-electron chi connectivity index (χ1n) is 7.91. The van der Waals surface area contributed by atoms with Crippen molar-refractivity contribution in [3.8, 4) is 0 Å². The Morgan fingerprint density at radius 3 is 2.53 bits per heavy atom. The number of nitrogens with zero attached hydrogens (tertiary/aromatic N) is 1. The molecule has 19 heavy (non-hydrogen) atoms. The average molecular weight is 265 g/mol. The molecule has 3 rings (SSSR count). The number of nitrogens with two attached hydrogens (primary N) is 2. The number of piperidine rings is 1. The number of carbonyl (C=O) groups excluding carboxylic acids is 1. The molecule has 2 saturated carbocycles. The molecule has 3 fully saturated rings. The first-order valence-corrected chi connectivity index (χ1v) is 7.91. The summed E-state index contributed by atoms with van der Waals surface area (Å²) in [6.45, 7) is 2.42. The molecule has 0 radical (unpaired) electrons. The summed E-state index contributed by atoms with van der Waals surface area (Å²) in [6.07, 6.45) is 9.58. The van der Waals surface area contributed by atoms with Gasteiger partial charge in [-0.2, -0.15) is 0 Å². The van der Waals surface area contributed by atoms with E-state index in [0.29, 0.717) is 6.04 Å². The lowest BCUT2D eigenvalue weighted by atomic mass is 9.75. The largest absolute Gasteiger partial charge is 0.368 e. The number of carbonyl (C=O) groups is 1. The predicted octanol–water partition coefficient (Wildman–Crippen LogP) is 1.23. The van der Waals surface area contributed by atoms with E-state index in [9.17, 15) is 4.79 Å². The van der Waals surface area contributed by atoms with Crippen LogP contribution in [-0.2, 0) is 4.79 Å². The van der Waals surface area contributed by atoms with Crippen molar-refractivity contribution in [2.75, 3.05) is 13.1 Å². The third kappa shape index (κ3) is 2.52. The summed E-state index contributed by atoms with van der Waals surface area (Å²) in [4.78, 5) is 14.1. The lowest BCUT2D eigenvalue weighted by Gasteiger charge is -2.43. The van der Waals surface area contributed by atoms with Crippen molar-refractivity contribution in [1.29, 1.82) is 0 Å². The molecule has 0 spiro atoms. The van der Waals surface area contributed by atoms with Crippen LogP contribution in [0.4, 0.5) is 0 Å². The van der Waals surface area contributed by atoms with Crippen LogP contribution in [0.15, 0.2) is 0 Å². The van der Waals surface area contributed by atoms with Crippen LogP contribution in [0.25, 0.3) is 0 Å². The van der Waals surface area contributed by atoms with Crippen molar-refractivity contribution in [3.05, 3.63) is 0 Å². The van der Waals surface area contributed by atoms with E-state index >= 15 is 0 Å². The Kier molecular flexibility index (Phi) is 3.56. The highest BCUT2D eigenvalue weighted by Crippen LogP contribution is 2.39. The van der Waals surface area contributed by atoms with E-state index < -0.39 is 5.54 Å². The van der Waals surface area contributed by atoms with E-state index in [4.69, 9.17) is 11.5 Å². The minimum absolute atomic E-state index is 0.317. The molecular weight excluding hydrogens is 238 g/mol. The molecule has 0 aromatic rings. The maximum absolute atomic E-state index is 11.5. The van der Waals surface area contributed by atoms with Gasteiger partial charge in [0.25, 0.3) is 0 Å². The highest BCUT2D eigenvalue weighted by molar-refractivity contribution is 5.84. The average Bonchev–Trinajstić information content (AvgIpc) is 2.82. The molecule has 1 aliphatic heterocycles. The fourth-order valence-corrected chi connectivity index (χ4v) is 4.54. The van der Waals surface area contributed by atoms with Gasteiger partial charge < -0.3 is 16.4 Å². The van der Waals surface area contributed by atoms with Crippen molar-refractivity contribution >= 4 is 5.91 Å². The van der Waals surface area contributed by atoms with Gasteiger partial charge in [0.2, 0.25) is 5.91 Å². The lowest BCUT2D eigenvalue weighted by Crippen LogP contribution is -2.52. The second-order valence-corrected chi connectivity index (χ2v) is 7.01. The minimum atomic E-state index is -0.742. The van der Waals surface area contributed by atoms with Gasteiger partial charge in [0.05, 0.1) is 5.54 Å². The van der Waals surface area contributed by atoms with Gasteiger partial charge in [-0.25, -0.2) is 0 Å². The van der Waals surface area contributed by atoms with Gasteiger partial charge in [0.1, 0.15) is 0 Å². The summed E-state index contributed by atoms with van der Waals surface area (Å²) < 4.78 is 0. The number of fused-ring (bicyclic) bond motifs is 1. The van der Waals surface area contributed by atoms with E-state index in [-0.39, 0.29) is 5.91 Å². The monoisotopic (exact) mass is 265 g/mol. The smallest absolute Gasteiger partial charge is 0.237 e. The number of hydrogen-bond donors (Lipinski definition) is 2. The van der Waals surface area contributed by atoms with Crippen molar-refractivity contribution in [3.63, 3.8) is 0 Å². The number of rotatable bonds is 2. The molecule has 4 N–H and O–H groups in total. The quantitative estimate of drug-likeness (QED) is 0.789. The summed E-state index contributed by atoms with van der Waals surface area (Å²) in [5.41, 5.74) is 10.8. The third-order valence-electron chi connectivity index (χ3n) is 5.85. The minimum Gasteiger partial charge on any atom is -0.368 e. The lowest BCUT2D eigenvalue weighted by molar-refractivity contribution is -0.123. The molecule has 4 heteroatoms. The summed E-state index contributed by atoms with van der Waals surface area (Å²) in [5, 5.41) is 0. The zero-order valence-corrected chi connectivity index (χ0v) is 11.8. The number of likely N-dealkylation sites (tertiary alicyclic amines) is 1. The molecule has 3 aliphatic rings. The zero-order valence-electron chi connectivity index (χ0n) is 11.8. The summed E-state index contributed by atoms with van der Waals surface area (Å²) >= 11 is 0. The summed E-state index contributed by atoms with van der Waals surface area (Å²) in [7, 11) is 0. The molecule has 4 unspecified atom stereocenters. The summed E-state index contributed by atoms with van der Waals surface area (Å²) in [5.74, 6) is 1.54. The Morgan fingerprint density at radius 1 is 1.11 bits per heavy atom. The van der Waals surface area contributed by atoms with Gasteiger partial charge in [-0.3, -0.25) is 4.79 Å². The summed E-state index contributed by atoms with van der Waals surface area (Å²) in [6, 6.07) is 0.486. The second kappa shape index (κ2) is 5.06. The van der Waals surface area contributed by atoms with Crippen LogP contribution < -0.4 is 11.5 Å². The molecule has 0 bridgehead atoms. The number of amides is 1. The molecule has 1 saturated heterocycles. The van der Waals surface area contributed by atoms with E-state index in [1.807, 2.05) is 0 Å². The molecule has 4 atom stereocenters. The van der Waals surface area contributed by atoms with E-state index in [0.717, 1.165) is 31.1 Å². The van der Waals surface area contributed by atoms with Gasteiger partial charge in [-0.1, -0.05) is 19.3 Å². The van der Waals surface area contributed by atoms with Crippen molar-refractivity contribution in [1.82, 2.24) is 4.90 Å². The third-order valence-corrected chi connectivity index (χ3v) is 5.85. The molecule has 2 aliphatic carbocycles. The Balaban J connectivity index is 1.60. The normalized spacial score (nSPS) is 43.9. The first kappa shape index (κ1) is 13.4. The number of primary amides is 1. The molecular formula is C15H27N3O. The highest BCUT2D eigenvalue weighted by Gasteiger charge is 2.44. The second-order valence-electron chi connectivity index (χ2n) is 7.01.